The Morgan fingerprint density at radius 1 is 1.26 bits per heavy atom. The van der Waals surface area contributed by atoms with Gasteiger partial charge in [0.15, 0.2) is 0 Å². The minimum absolute atomic E-state index is 0.0795. The Kier molecular flexibility index (Phi) is 3.72. The van der Waals surface area contributed by atoms with E-state index in [4.69, 9.17) is 10.2 Å². The topological polar surface area (TPSA) is 103 Å². The van der Waals surface area contributed by atoms with Crippen LogP contribution >= 0.6 is 0 Å². The van der Waals surface area contributed by atoms with Gasteiger partial charge in [-0.1, -0.05) is 30.3 Å². The second-order valence-electron chi connectivity index (χ2n) is 3.93. The van der Waals surface area contributed by atoms with Crippen molar-refractivity contribution < 1.29 is 15.0 Å². The summed E-state index contributed by atoms with van der Waals surface area (Å²) in [6, 6.07) is 8.80. The minimum atomic E-state index is -1.11. The van der Waals surface area contributed by atoms with Gasteiger partial charge in [-0.3, -0.25) is 9.59 Å². The average Bonchev–Trinajstić information content (AvgIpc) is 2.41. The summed E-state index contributed by atoms with van der Waals surface area (Å²) in [5.74, 6) is -1.00. The molecule has 0 unspecified atom stereocenters. The molecule has 2 rings (SSSR count). The van der Waals surface area contributed by atoms with Crippen molar-refractivity contribution >= 4 is 5.97 Å². The minimum Gasteiger partial charge on any atom is -0.481 e. The zero-order valence-electron chi connectivity index (χ0n) is 9.96. The Hall–Kier alpha value is -2.47. The number of aliphatic hydroxyl groups excluding tert-OH is 1. The number of aliphatic hydroxyl groups is 1. The largest absolute Gasteiger partial charge is 0.481 e. The van der Waals surface area contributed by atoms with E-state index in [2.05, 4.69) is 9.97 Å². The molecule has 1 heterocycles. The van der Waals surface area contributed by atoms with E-state index in [1.54, 1.807) is 30.3 Å². The molecule has 0 saturated carbocycles. The van der Waals surface area contributed by atoms with E-state index in [0.29, 0.717) is 5.56 Å². The maximum absolute atomic E-state index is 11.9. The summed E-state index contributed by atoms with van der Waals surface area (Å²) in [7, 11) is 0. The smallest absolute Gasteiger partial charge is 0.308 e. The van der Waals surface area contributed by atoms with Gasteiger partial charge >= 0.3 is 5.97 Å². The molecule has 0 aliphatic rings. The van der Waals surface area contributed by atoms with Crippen molar-refractivity contribution in [3.05, 3.63) is 52.1 Å². The van der Waals surface area contributed by atoms with Crippen molar-refractivity contribution in [2.45, 2.75) is 13.0 Å². The van der Waals surface area contributed by atoms with Crippen molar-refractivity contribution in [2.75, 3.05) is 0 Å². The number of nitrogens with one attached hydrogen (secondary N) is 1. The Morgan fingerprint density at radius 3 is 2.53 bits per heavy atom. The quantitative estimate of drug-likeness (QED) is 0.745. The third-order valence-electron chi connectivity index (χ3n) is 2.59. The highest BCUT2D eigenvalue weighted by Gasteiger charge is 2.15. The molecule has 6 heteroatoms. The van der Waals surface area contributed by atoms with Crippen molar-refractivity contribution in [1.82, 2.24) is 9.97 Å². The SMILES string of the molecule is O=C(O)Cc1c(-c2ccccc2)nc(CO)[nH]c1=O. The summed E-state index contributed by atoms with van der Waals surface area (Å²) in [6.45, 7) is -0.414. The summed E-state index contributed by atoms with van der Waals surface area (Å²) >= 11 is 0. The zero-order valence-corrected chi connectivity index (χ0v) is 9.96. The van der Waals surface area contributed by atoms with E-state index < -0.39 is 24.6 Å². The predicted molar refractivity (Wildman–Crippen MR) is 67.6 cm³/mol. The van der Waals surface area contributed by atoms with E-state index in [1.165, 1.54) is 0 Å². The highest BCUT2D eigenvalue weighted by atomic mass is 16.4. The second kappa shape index (κ2) is 5.45. The van der Waals surface area contributed by atoms with Gasteiger partial charge in [0.2, 0.25) is 0 Å². The maximum atomic E-state index is 11.9. The molecule has 3 N–H and O–H groups in total. The number of H-pyrrole nitrogens is 1. The number of carboxylic acid groups (broad SMARTS) is 1. The van der Waals surface area contributed by atoms with Crippen LogP contribution in [0.2, 0.25) is 0 Å². The summed E-state index contributed by atoms with van der Waals surface area (Å²) in [6.07, 6.45) is -0.418. The van der Waals surface area contributed by atoms with Crippen LogP contribution in [0.15, 0.2) is 35.1 Å². The van der Waals surface area contributed by atoms with E-state index in [0.717, 1.165) is 0 Å². The van der Waals surface area contributed by atoms with Crippen molar-refractivity contribution in [1.29, 1.82) is 0 Å². The van der Waals surface area contributed by atoms with Crippen LogP contribution in [0.4, 0.5) is 0 Å². The number of rotatable bonds is 4. The van der Waals surface area contributed by atoms with Gasteiger partial charge in [0, 0.05) is 5.56 Å². The molecule has 0 saturated heterocycles. The normalized spacial score (nSPS) is 10.4. The number of carbonyl (C=O) groups is 1. The van der Waals surface area contributed by atoms with Crippen LogP contribution in [0.1, 0.15) is 11.4 Å². The van der Waals surface area contributed by atoms with E-state index in [1.807, 2.05) is 0 Å². The molecule has 0 aliphatic heterocycles. The van der Waals surface area contributed by atoms with E-state index in [9.17, 15) is 9.59 Å². The highest BCUT2D eigenvalue weighted by molar-refractivity contribution is 5.74. The number of aromatic amines is 1. The Labute approximate surface area is 108 Å². The van der Waals surface area contributed by atoms with Crippen LogP contribution in [-0.4, -0.2) is 26.2 Å². The summed E-state index contributed by atoms with van der Waals surface area (Å²) in [4.78, 5) is 29.2. The van der Waals surface area contributed by atoms with Crippen LogP contribution in [0, 0.1) is 0 Å². The van der Waals surface area contributed by atoms with Gasteiger partial charge in [-0.15, -0.1) is 0 Å². The number of hydrogen-bond acceptors (Lipinski definition) is 4. The van der Waals surface area contributed by atoms with Gasteiger partial charge in [-0.2, -0.15) is 0 Å². The molecular formula is C13H12N2O4. The third kappa shape index (κ3) is 2.86. The molecule has 2 aromatic rings. The van der Waals surface area contributed by atoms with E-state index in [-0.39, 0.29) is 17.1 Å². The van der Waals surface area contributed by atoms with Gasteiger partial charge in [0.25, 0.3) is 5.56 Å². The van der Waals surface area contributed by atoms with Gasteiger partial charge in [0.1, 0.15) is 12.4 Å². The van der Waals surface area contributed by atoms with Gasteiger partial charge < -0.3 is 15.2 Å². The first kappa shape index (κ1) is 13.0. The Morgan fingerprint density at radius 2 is 1.95 bits per heavy atom. The number of aromatic nitrogens is 2. The zero-order chi connectivity index (χ0) is 13.8. The standard InChI is InChI=1S/C13H12N2O4/c16-7-10-14-12(8-4-2-1-3-5-8)9(6-11(17)18)13(19)15-10/h1-5,16H,6-7H2,(H,17,18)(H,14,15,19). The number of aliphatic carboxylic acids is 1. The van der Waals surface area contributed by atoms with Crippen LogP contribution in [0.3, 0.4) is 0 Å². The molecule has 0 bridgehead atoms. The Balaban J connectivity index is 2.65. The van der Waals surface area contributed by atoms with Gasteiger partial charge in [0.05, 0.1) is 17.7 Å². The first-order chi connectivity index (χ1) is 9.11. The lowest BCUT2D eigenvalue weighted by molar-refractivity contribution is -0.136. The summed E-state index contributed by atoms with van der Waals surface area (Å²) in [5, 5.41) is 17.9. The summed E-state index contributed by atoms with van der Waals surface area (Å²) in [5.41, 5.74) is 0.464. The van der Waals surface area contributed by atoms with Crippen molar-refractivity contribution in [3.8, 4) is 11.3 Å². The van der Waals surface area contributed by atoms with Crippen LogP contribution in [0.25, 0.3) is 11.3 Å². The lowest BCUT2D eigenvalue weighted by atomic mass is 10.0. The molecule has 0 atom stereocenters. The fraction of sp³-hybridized carbons (Fsp3) is 0.154. The van der Waals surface area contributed by atoms with Crippen molar-refractivity contribution in [3.63, 3.8) is 0 Å². The molecule has 0 spiro atoms. The maximum Gasteiger partial charge on any atom is 0.308 e. The molecule has 1 aromatic heterocycles. The Bertz CT molecular complexity index is 649. The lowest BCUT2D eigenvalue weighted by Crippen LogP contribution is -2.21. The summed E-state index contributed by atoms with van der Waals surface area (Å²) < 4.78 is 0. The molecule has 1 aromatic carbocycles. The first-order valence-electron chi connectivity index (χ1n) is 5.62. The second-order valence-corrected chi connectivity index (χ2v) is 3.93. The fourth-order valence-electron chi connectivity index (χ4n) is 1.77. The molecular weight excluding hydrogens is 248 g/mol. The monoisotopic (exact) mass is 260 g/mol. The number of nitrogens with zero attached hydrogens (tertiary/aromatic N) is 1. The predicted octanol–water partition coefficient (Wildman–Crippen LogP) is 0.556. The van der Waals surface area contributed by atoms with Crippen LogP contribution in [0.5, 0.6) is 0 Å². The molecule has 0 radical (unpaired) electrons. The number of benzene rings is 1. The van der Waals surface area contributed by atoms with Gasteiger partial charge in [-0.25, -0.2) is 4.98 Å². The fourth-order valence-corrected chi connectivity index (χ4v) is 1.77. The van der Waals surface area contributed by atoms with Gasteiger partial charge in [-0.05, 0) is 0 Å². The van der Waals surface area contributed by atoms with E-state index >= 15 is 0 Å². The highest BCUT2D eigenvalue weighted by Crippen LogP contribution is 2.19. The molecule has 0 aliphatic carbocycles. The third-order valence-corrected chi connectivity index (χ3v) is 2.59. The number of carboxylic acids is 1. The molecule has 0 fully saturated rings. The lowest BCUT2D eigenvalue weighted by Gasteiger charge is -2.08. The number of hydrogen-bond donors (Lipinski definition) is 3. The van der Waals surface area contributed by atoms with Crippen LogP contribution < -0.4 is 5.56 Å². The first-order valence-corrected chi connectivity index (χ1v) is 5.62. The van der Waals surface area contributed by atoms with Crippen molar-refractivity contribution in [2.24, 2.45) is 0 Å². The molecule has 19 heavy (non-hydrogen) atoms. The average molecular weight is 260 g/mol. The molecule has 6 nitrogen and oxygen atoms in total. The molecule has 98 valence electrons. The van der Waals surface area contributed by atoms with Crippen LogP contribution in [-0.2, 0) is 17.8 Å². The molecule has 0 amide bonds.